The Kier molecular flexibility index (Phi) is 5.87. The maximum atomic E-state index is 12.3. The topological polar surface area (TPSA) is 99.5 Å². The van der Waals surface area contributed by atoms with Crippen molar-refractivity contribution in [2.75, 3.05) is 40.3 Å². The van der Waals surface area contributed by atoms with Crippen LogP contribution in [-0.2, 0) is 20.1 Å². The molecule has 0 radical (unpaired) electrons. The summed E-state index contributed by atoms with van der Waals surface area (Å²) in [6, 6.07) is 0.0221. The molecule has 0 bridgehead atoms. The second-order valence-corrected chi connectivity index (χ2v) is 7.46. The minimum Gasteiger partial charge on any atom is -0.331 e. The molecule has 0 atom stereocenters. The first kappa shape index (κ1) is 20.1. The van der Waals surface area contributed by atoms with Crippen LogP contribution in [0.4, 0.5) is 4.79 Å². The number of fused-ring (bicyclic) bond motifs is 1. The standard InChI is InChI=1S/C18H29N7O3/c1-5-6-7-25-15-14(16(26)20-17(25)27)22(4)13(19-15)12-23-8-10-24(11-9-23)18(28)21(2)3/h5-12H2,1-4H3,(H,20,26,27). The molecule has 1 aliphatic heterocycles. The fourth-order valence-corrected chi connectivity index (χ4v) is 3.54. The van der Waals surface area contributed by atoms with Crippen LogP contribution in [0.2, 0.25) is 0 Å². The summed E-state index contributed by atoms with van der Waals surface area (Å²) in [6.45, 7) is 5.94. The van der Waals surface area contributed by atoms with Crippen LogP contribution >= 0.6 is 0 Å². The first-order valence-electron chi connectivity index (χ1n) is 9.70. The van der Waals surface area contributed by atoms with Gasteiger partial charge in [-0.2, -0.15) is 0 Å². The molecule has 10 heteroatoms. The van der Waals surface area contributed by atoms with E-state index in [9.17, 15) is 14.4 Å². The molecule has 1 saturated heterocycles. The second kappa shape index (κ2) is 8.17. The van der Waals surface area contributed by atoms with Crippen molar-refractivity contribution in [3.63, 3.8) is 0 Å². The first-order valence-corrected chi connectivity index (χ1v) is 9.70. The van der Waals surface area contributed by atoms with Crippen molar-refractivity contribution in [2.45, 2.75) is 32.9 Å². The van der Waals surface area contributed by atoms with Crippen molar-refractivity contribution in [3.8, 4) is 0 Å². The third-order valence-corrected chi connectivity index (χ3v) is 5.23. The van der Waals surface area contributed by atoms with E-state index in [2.05, 4.69) is 21.8 Å². The third-order valence-electron chi connectivity index (χ3n) is 5.23. The number of aryl methyl sites for hydroxylation is 2. The molecule has 0 aliphatic carbocycles. The van der Waals surface area contributed by atoms with Crippen molar-refractivity contribution < 1.29 is 4.79 Å². The largest absolute Gasteiger partial charge is 0.331 e. The molecule has 1 N–H and O–H groups in total. The molecule has 3 heterocycles. The van der Waals surface area contributed by atoms with E-state index in [1.54, 1.807) is 35.2 Å². The molecule has 2 amide bonds. The van der Waals surface area contributed by atoms with Gasteiger partial charge in [0.2, 0.25) is 0 Å². The highest BCUT2D eigenvalue weighted by Gasteiger charge is 2.24. The van der Waals surface area contributed by atoms with Crippen LogP contribution in [0, 0.1) is 0 Å². The lowest BCUT2D eigenvalue weighted by Crippen LogP contribution is -2.51. The predicted molar refractivity (Wildman–Crippen MR) is 106 cm³/mol. The van der Waals surface area contributed by atoms with Gasteiger partial charge in [-0.3, -0.25) is 19.2 Å². The quantitative estimate of drug-likeness (QED) is 0.775. The third kappa shape index (κ3) is 3.82. The number of aromatic nitrogens is 4. The van der Waals surface area contributed by atoms with E-state index in [4.69, 9.17) is 0 Å². The number of piperazine rings is 1. The van der Waals surface area contributed by atoms with Gasteiger partial charge in [0.1, 0.15) is 5.82 Å². The predicted octanol–water partition coefficient (Wildman–Crippen LogP) is 0.0226. The Hall–Kier alpha value is -2.62. The summed E-state index contributed by atoms with van der Waals surface area (Å²) >= 11 is 0. The van der Waals surface area contributed by atoms with Crippen molar-refractivity contribution in [1.29, 1.82) is 0 Å². The normalized spacial score (nSPS) is 15.4. The smallest absolute Gasteiger partial charge is 0.330 e. The Balaban J connectivity index is 1.82. The Morgan fingerprint density at radius 1 is 1.18 bits per heavy atom. The maximum absolute atomic E-state index is 12.3. The molecule has 0 unspecified atom stereocenters. The highest BCUT2D eigenvalue weighted by molar-refractivity contribution is 5.74. The number of urea groups is 1. The number of carbonyl (C=O) groups excluding carboxylic acids is 1. The zero-order valence-electron chi connectivity index (χ0n) is 17.1. The number of aromatic amines is 1. The van der Waals surface area contributed by atoms with Gasteiger partial charge in [-0.15, -0.1) is 0 Å². The van der Waals surface area contributed by atoms with E-state index >= 15 is 0 Å². The van der Waals surface area contributed by atoms with E-state index in [-0.39, 0.29) is 6.03 Å². The fraction of sp³-hybridized carbons (Fsp3) is 0.667. The number of unbranched alkanes of at least 4 members (excludes halogenated alkanes) is 1. The van der Waals surface area contributed by atoms with Crippen LogP contribution in [0.5, 0.6) is 0 Å². The Bertz CT molecular complexity index is 964. The molecule has 28 heavy (non-hydrogen) atoms. The second-order valence-electron chi connectivity index (χ2n) is 7.46. The van der Waals surface area contributed by atoms with Gasteiger partial charge in [0.15, 0.2) is 11.2 Å². The van der Waals surface area contributed by atoms with Crippen LogP contribution in [0.1, 0.15) is 25.6 Å². The molecule has 154 valence electrons. The Labute approximate surface area is 163 Å². The van der Waals surface area contributed by atoms with Gasteiger partial charge in [-0.25, -0.2) is 14.6 Å². The summed E-state index contributed by atoms with van der Waals surface area (Å²) in [5.41, 5.74) is 0.0510. The van der Waals surface area contributed by atoms with Gasteiger partial charge in [0.25, 0.3) is 5.56 Å². The van der Waals surface area contributed by atoms with Crippen molar-refractivity contribution in [2.24, 2.45) is 7.05 Å². The van der Waals surface area contributed by atoms with Crippen LogP contribution in [0.15, 0.2) is 9.59 Å². The molecule has 2 aromatic rings. The number of nitrogens with zero attached hydrogens (tertiary/aromatic N) is 6. The lowest BCUT2D eigenvalue weighted by Gasteiger charge is -2.35. The van der Waals surface area contributed by atoms with Crippen LogP contribution in [-0.4, -0.2) is 80.1 Å². The summed E-state index contributed by atoms with van der Waals surface area (Å²) in [5.74, 6) is 0.740. The summed E-state index contributed by atoms with van der Waals surface area (Å²) in [4.78, 5) is 49.3. The average molecular weight is 391 g/mol. The highest BCUT2D eigenvalue weighted by Crippen LogP contribution is 2.14. The van der Waals surface area contributed by atoms with Gasteiger partial charge in [-0.1, -0.05) is 13.3 Å². The van der Waals surface area contributed by atoms with Gasteiger partial charge < -0.3 is 14.4 Å². The highest BCUT2D eigenvalue weighted by atomic mass is 16.2. The van der Waals surface area contributed by atoms with E-state index < -0.39 is 11.2 Å². The number of nitrogens with one attached hydrogen (secondary N) is 1. The van der Waals surface area contributed by atoms with Gasteiger partial charge in [0.05, 0.1) is 6.54 Å². The minimum atomic E-state index is -0.411. The minimum absolute atomic E-state index is 0.0221. The zero-order valence-corrected chi connectivity index (χ0v) is 17.1. The molecule has 0 saturated carbocycles. The van der Waals surface area contributed by atoms with Crippen LogP contribution < -0.4 is 11.2 Å². The molecule has 1 aliphatic rings. The van der Waals surface area contributed by atoms with Crippen molar-refractivity contribution >= 4 is 17.2 Å². The summed E-state index contributed by atoms with van der Waals surface area (Å²) in [7, 11) is 5.31. The fourth-order valence-electron chi connectivity index (χ4n) is 3.54. The molecular formula is C18H29N7O3. The molecule has 2 aromatic heterocycles. The number of imidazole rings is 1. The molecule has 10 nitrogen and oxygen atoms in total. The van der Waals surface area contributed by atoms with Crippen LogP contribution in [0.25, 0.3) is 11.2 Å². The van der Waals surface area contributed by atoms with Gasteiger partial charge in [-0.05, 0) is 6.42 Å². The van der Waals surface area contributed by atoms with E-state index in [1.807, 2.05) is 4.90 Å². The van der Waals surface area contributed by atoms with Crippen molar-refractivity contribution in [3.05, 3.63) is 26.7 Å². The average Bonchev–Trinajstić information content (AvgIpc) is 2.98. The summed E-state index contributed by atoms with van der Waals surface area (Å²) < 4.78 is 3.32. The SMILES string of the molecule is CCCCn1c(=O)[nH]c(=O)c2c1nc(CN1CCN(C(=O)N(C)C)CC1)n2C. The van der Waals surface area contributed by atoms with E-state index in [0.29, 0.717) is 37.3 Å². The summed E-state index contributed by atoms with van der Waals surface area (Å²) in [6.07, 6.45) is 1.79. The van der Waals surface area contributed by atoms with E-state index in [0.717, 1.165) is 31.8 Å². The van der Waals surface area contributed by atoms with Gasteiger partial charge in [0, 0.05) is 53.9 Å². The van der Waals surface area contributed by atoms with Crippen molar-refractivity contribution in [1.82, 2.24) is 33.8 Å². The number of rotatable bonds is 5. The molecule has 3 rings (SSSR count). The molecule has 0 aromatic carbocycles. The van der Waals surface area contributed by atoms with Gasteiger partial charge >= 0.3 is 11.7 Å². The first-order chi connectivity index (χ1) is 13.3. The monoisotopic (exact) mass is 391 g/mol. The Morgan fingerprint density at radius 3 is 2.46 bits per heavy atom. The maximum Gasteiger partial charge on any atom is 0.330 e. The number of hydrogen-bond acceptors (Lipinski definition) is 5. The number of carbonyl (C=O) groups is 1. The lowest BCUT2D eigenvalue weighted by atomic mass is 10.3. The number of H-pyrrole nitrogens is 1. The molecule has 1 fully saturated rings. The molecule has 0 spiro atoms. The number of amides is 2. The lowest BCUT2D eigenvalue weighted by molar-refractivity contribution is 0.118. The zero-order chi connectivity index (χ0) is 20.4. The molecular weight excluding hydrogens is 362 g/mol. The number of hydrogen-bond donors (Lipinski definition) is 1. The summed E-state index contributed by atoms with van der Waals surface area (Å²) in [5, 5.41) is 0. The van der Waals surface area contributed by atoms with E-state index in [1.165, 1.54) is 0 Å². The van der Waals surface area contributed by atoms with Crippen LogP contribution in [0.3, 0.4) is 0 Å². The Morgan fingerprint density at radius 2 is 1.86 bits per heavy atom.